The van der Waals surface area contributed by atoms with E-state index in [1.807, 2.05) is 42.5 Å². The molecule has 0 atom stereocenters. The molecular formula is C15H11NO2. The standard InChI is InChI=1S/C15H11NO2/c17-14-9-5-4-8-12(14)15-13(10-16-18-15)11-6-2-1-3-7-11/h1-10,17H. The first kappa shape index (κ1) is 10.6. The molecule has 0 saturated carbocycles. The molecule has 18 heavy (non-hydrogen) atoms. The molecular weight excluding hydrogens is 226 g/mol. The van der Waals surface area contributed by atoms with Gasteiger partial charge in [0.05, 0.1) is 11.8 Å². The number of hydrogen-bond donors (Lipinski definition) is 1. The van der Waals surface area contributed by atoms with Crippen molar-refractivity contribution in [2.75, 3.05) is 0 Å². The van der Waals surface area contributed by atoms with Gasteiger partial charge in [-0.25, -0.2) is 0 Å². The SMILES string of the molecule is Oc1ccccc1-c1oncc1-c1ccccc1. The van der Waals surface area contributed by atoms with Crippen LogP contribution in [0.4, 0.5) is 0 Å². The van der Waals surface area contributed by atoms with Crippen molar-refractivity contribution in [3.63, 3.8) is 0 Å². The minimum absolute atomic E-state index is 0.187. The van der Waals surface area contributed by atoms with Crippen LogP contribution >= 0.6 is 0 Å². The van der Waals surface area contributed by atoms with Gasteiger partial charge in [-0.3, -0.25) is 0 Å². The minimum Gasteiger partial charge on any atom is -0.507 e. The Hall–Kier alpha value is -2.55. The van der Waals surface area contributed by atoms with Crippen LogP contribution in [0.5, 0.6) is 5.75 Å². The average molecular weight is 237 g/mol. The highest BCUT2D eigenvalue weighted by Crippen LogP contribution is 2.36. The van der Waals surface area contributed by atoms with E-state index >= 15 is 0 Å². The van der Waals surface area contributed by atoms with E-state index in [0.717, 1.165) is 11.1 Å². The predicted octanol–water partition coefficient (Wildman–Crippen LogP) is 3.71. The van der Waals surface area contributed by atoms with Crippen molar-refractivity contribution in [3.05, 3.63) is 60.8 Å². The summed E-state index contributed by atoms with van der Waals surface area (Å²) in [4.78, 5) is 0. The normalized spacial score (nSPS) is 10.4. The maximum atomic E-state index is 9.87. The summed E-state index contributed by atoms with van der Waals surface area (Å²) in [6.45, 7) is 0. The van der Waals surface area contributed by atoms with E-state index in [2.05, 4.69) is 5.16 Å². The van der Waals surface area contributed by atoms with E-state index in [0.29, 0.717) is 11.3 Å². The summed E-state index contributed by atoms with van der Waals surface area (Å²) in [5, 5.41) is 13.7. The molecule has 1 N–H and O–H groups in total. The second-order valence-corrected chi connectivity index (χ2v) is 3.95. The average Bonchev–Trinajstić information content (AvgIpc) is 2.89. The summed E-state index contributed by atoms with van der Waals surface area (Å²) >= 11 is 0. The van der Waals surface area contributed by atoms with Crippen LogP contribution in [0, 0.1) is 0 Å². The molecule has 0 bridgehead atoms. The van der Waals surface area contributed by atoms with Gasteiger partial charge in [-0.2, -0.15) is 0 Å². The molecule has 0 fully saturated rings. The Morgan fingerprint density at radius 3 is 2.33 bits per heavy atom. The van der Waals surface area contributed by atoms with E-state index in [1.54, 1.807) is 18.3 Å². The first-order chi connectivity index (χ1) is 8.86. The van der Waals surface area contributed by atoms with Crippen molar-refractivity contribution in [3.8, 4) is 28.2 Å². The molecule has 3 heteroatoms. The number of phenolic OH excluding ortho intramolecular Hbond substituents is 1. The molecule has 0 aliphatic carbocycles. The van der Waals surface area contributed by atoms with Gasteiger partial charge in [-0.1, -0.05) is 47.6 Å². The summed E-state index contributed by atoms with van der Waals surface area (Å²) in [7, 11) is 0. The van der Waals surface area contributed by atoms with Crippen LogP contribution in [-0.2, 0) is 0 Å². The second-order valence-electron chi connectivity index (χ2n) is 3.95. The smallest absolute Gasteiger partial charge is 0.178 e. The fraction of sp³-hybridized carbons (Fsp3) is 0. The van der Waals surface area contributed by atoms with E-state index in [1.165, 1.54) is 0 Å². The molecule has 1 heterocycles. The van der Waals surface area contributed by atoms with Gasteiger partial charge in [0.1, 0.15) is 5.75 Å². The monoisotopic (exact) mass is 237 g/mol. The number of hydrogen-bond acceptors (Lipinski definition) is 3. The third-order valence-corrected chi connectivity index (χ3v) is 2.80. The molecule has 3 nitrogen and oxygen atoms in total. The van der Waals surface area contributed by atoms with Gasteiger partial charge in [-0.05, 0) is 17.7 Å². The van der Waals surface area contributed by atoms with E-state index in [-0.39, 0.29) is 5.75 Å². The highest BCUT2D eigenvalue weighted by molar-refractivity contribution is 5.81. The lowest BCUT2D eigenvalue weighted by Gasteiger charge is -2.03. The molecule has 0 saturated heterocycles. The van der Waals surface area contributed by atoms with Crippen LogP contribution in [0.3, 0.4) is 0 Å². The maximum Gasteiger partial charge on any atom is 0.178 e. The molecule has 0 aliphatic heterocycles. The lowest BCUT2D eigenvalue weighted by atomic mass is 10.0. The number of aromatic nitrogens is 1. The van der Waals surface area contributed by atoms with Gasteiger partial charge in [0.2, 0.25) is 0 Å². The summed E-state index contributed by atoms with van der Waals surface area (Å²) in [6.07, 6.45) is 1.66. The number of nitrogens with zero attached hydrogens (tertiary/aromatic N) is 1. The Kier molecular flexibility index (Phi) is 2.57. The largest absolute Gasteiger partial charge is 0.507 e. The summed E-state index contributed by atoms with van der Waals surface area (Å²) < 4.78 is 5.28. The molecule has 1 aromatic heterocycles. The zero-order chi connectivity index (χ0) is 12.4. The quantitative estimate of drug-likeness (QED) is 0.739. The Bertz CT molecular complexity index is 659. The molecule has 0 unspecified atom stereocenters. The van der Waals surface area contributed by atoms with E-state index in [9.17, 15) is 5.11 Å². The maximum absolute atomic E-state index is 9.87. The third kappa shape index (κ3) is 1.76. The first-order valence-electron chi connectivity index (χ1n) is 5.65. The number of aromatic hydroxyl groups is 1. The van der Waals surface area contributed by atoms with Crippen molar-refractivity contribution in [1.29, 1.82) is 0 Å². The molecule has 0 radical (unpaired) electrons. The van der Waals surface area contributed by atoms with Crippen molar-refractivity contribution >= 4 is 0 Å². The van der Waals surface area contributed by atoms with Crippen LogP contribution in [-0.4, -0.2) is 10.3 Å². The van der Waals surface area contributed by atoms with Crippen LogP contribution in [0.1, 0.15) is 0 Å². The fourth-order valence-corrected chi connectivity index (χ4v) is 1.92. The number of phenols is 1. The molecule has 2 aromatic carbocycles. The van der Waals surface area contributed by atoms with Gasteiger partial charge in [-0.15, -0.1) is 0 Å². The van der Waals surface area contributed by atoms with E-state index in [4.69, 9.17) is 4.52 Å². The lowest BCUT2D eigenvalue weighted by molar-refractivity contribution is 0.426. The van der Waals surface area contributed by atoms with Crippen molar-refractivity contribution in [1.82, 2.24) is 5.16 Å². The zero-order valence-electron chi connectivity index (χ0n) is 9.58. The Balaban J connectivity index is 2.16. The van der Waals surface area contributed by atoms with Crippen molar-refractivity contribution in [2.24, 2.45) is 0 Å². The van der Waals surface area contributed by atoms with Crippen LogP contribution in [0.25, 0.3) is 22.5 Å². The molecule has 0 amide bonds. The third-order valence-electron chi connectivity index (χ3n) is 2.80. The highest BCUT2D eigenvalue weighted by Gasteiger charge is 2.15. The second kappa shape index (κ2) is 4.37. The number of benzene rings is 2. The van der Waals surface area contributed by atoms with Gasteiger partial charge in [0.25, 0.3) is 0 Å². The van der Waals surface area contributed by atoms with Crippen LogP contribution < -0.4 is 0 Å². The van der Waals surface area contributed by atoms with Gasteiger partial charge >= 0.3 is 0 Å². The van der Waals surface area contributed by atoms with Gasteiger partial charge in [0.15, 0.2) is 5.76 Å². The highest BCUT2D eigenvalue weighted by atomic mass is 16.5. The summed E-state index contributed by atoms with van der Waals surface area (Å²) in [6, 6.07) is 16.9. The van der Waals surface area contributed by atoms with Crippen molar-refractivity contribution < 1.29 is 9.63 Å². The molecule has 0 spiro atoms. The number of rotatable bonds is 2. The molecule has 0 aliphatic rings. The zero-order valence-corrected chi connectivity index (χ0v) is 9.58. The molecule has 3 aromatic rings. The Labute approximate surface area is 104 Å². The summed E-state index contributed by atoms with van der Waals surface area (Å²) in [5.41, 5.74) is 2.53. The summed E-state index contributed by atoms with van der Waals surface area (Å²) in [5.74, 6) is 0.769. The van der Waals surface area contributed by atoms with Crippen LogP contribution in [0.2, 0.25) is 0 Å². The Morgan fingerprint density at radius 1 is 0.833 bits per heavy atom. The van der Waals surface area contributed by atoms with Crippen molar-refractivity contribution in [2.45, 2.75) is 0 Å². The molecule has 88 valence electrons. The van der Waals surface area contributed by atoms with E-state index < -0.39 is 0 Å². The molecule has 3 rings (SSSR count). The van der Waals surface area contributed by atoms with Gasteiger partial charge < -0.3 is 9.63 Å². The lowest BCUT2D eigenvalue weighted by Crippen LogP contribution is -1.80. The van der Waals surface area contributed by atoms with Gasteiger partial charge in [0, 0.05) is 5.56 Å². The topological polar surface area (TPSA) is 46.3 Å². The Morgan fingerprint density at radius 2 is 1.56 bits per heavy atom. The fourth-order valence-electron chi connectivity index (χ4n) is 1.92. The predicted molar refractivity (Wildman–Crippen MR) is 69.0 cm³/mol. The van der Waals surface area contributed by atoms with Crippen LogP contribution in [0.15, 0.2) is 65.3 Å². The first-order valence-corrected chi connectivity index (χ1v) is 5.65. The minimum atomic E-state index is 0.187. The number of para-hydroxylation sites is 1.